The van der Waals surface area contributed by atoms with Gasteiger partial charge in [0.05, 0.1) is 36.5 Å². The monoisotopic (exact) mass is 674 g/mol. The number of nitrogen functional groups attached to an aromatic ring is 2. The van der Waals surface area contributed by atoms with E-state index in [0.29, 0.717) is 24.2 Å². The maximum absolute atomic E-state index is 12.1. The maximum Gasteiger partial charge on any atom is 0.343 e. The summed E-state index contributed by atoms with van der Waals surface area (Å²) in [5, 5.41) is 58.7. The van der Waals surface area contributed by atoms with Gasteiger partial charge in [0.2, 0.25) is 0 Å². The third kappa shape index (κ3) is 7.15. The number of unbranched alkanes of at least 4 members (excludes halogenated alkanes) is 2. The number of hydrogen-bond acceptors (Lipinski definition) is 17. The van der Waals surface area contributed by atoms with Gasteiger partial charge in [-0.1, -0.05) is 26.7 Å². The molecule has 8 N–H and O–H groups in total. The largest absolute Gasteiger partial charge is 0.479 e. The second-order valence-electron chi connectivity index (χ2n) is 10.5. The van der Waals surface area contributed by atoms with Crippen LogP contribution in [0.4, 0.5) is 34.6 Å². The quantitative estimate of drug-likeness (QED) is 0.0525. The van der Waals surface area contributed by atoms with Gasteiger partial charge in [0.15, 0.2) is 52.1 Å². The summed E-state index contributed by atoms with van der Waals surface area (Å²) in [6.45, 7) is 3.30. The number of H-pyrrole nitrogens is 2. The topological polar surface area (TPSA) is 304 Å². The molecular formula is C28H34N16O5. The van der Waals surface area contributed by atoms with E-state index >= 15 is 0 Å². The van der Waals surface area contributed by atoms with Crippen molar-refractivity contribution >= 4 is 46.4 Å². The number of carbonyl (C=O) groups excluding carboxylic acids is 2. The van der Waals surface area contributed by atoms with Gasteiger partial charge in [-0.15, -0.1) is 20.5 Å². The fourth-order valence-electron chi connectivity index (χ4n) is 4.62. The number of aliphatic hydroxyl groups is 1. The second-order valence-corrected chi connectivity index (χ2v) is 10.5. The van der Waals surface area contributed by atoms with Gasteiger partial charge in [0, 0.05) is 6.07 Å². The highest BCUT2D eigenvalue weighted by atomic mass is 16.5. The number of hydrogen-bond donors (Lipinski definition) is 6. The number of nitrogens with zero attached hydrogens (tertiary/aromatic N) is 12. The average molecular weight is 675 g/mol. The average Bonchev–Trinajstić information content (AvgIpc) is 3.89. The maximum atomic E-state index is 12.1. The van der Waals surface area contributed by atoms with E-state index in [4.69, 9.17) is 16.2 Å². The van der Waals surface area contributed by atoms with Crippen molar-refractivity contribution in [1.29, 1.82) is 0 Å². The molecule has 21 nitrogen and oxygen atoms in total. The van der Waals surface area contributed by atoms with Crippen LogP contribution in [0.5, 0.6) is 6.01 Å². The molecule has 0 aliphatic rings. The molecule has 5 rings (SSSR count). The van der Waals surface area contributed by atoms with E-state index in [-0.39, 0.29) is 57.4 Å². The number of aliphatic hydroxyl groups excluding tert-OH is 1. The lowest BCUT2D eigenvalue weighted by atomic mass is 10.2. The van der Waals surface area contributed by atoms with E-state index in [1.807, 2.05) is 13.8 Å². The minimum absolute atomic E-state index is 0.0287. The Morgan fingerprint density at radius 2 is 1.33 bits per heavy atom. The molecule has 0 radical (unpaired) electrons. The van der Waals surface area contributed by atoms with Gasteiger partial charge in [0.25, 0.3) is 0 Å². The molecule has 0 saturated heterocycles. The van der Waals surface area contributed by atoms with Gasteiger partial charge in [-0.2, -0.15) is 39.7 Å². The van der Waals surface area contributed by atoms with E-state index < -0.39 is 24.4 Å². The van der Waals surface area contributed by atoms with Crippen LogP contribution in [0.1, 0.15) is 71.6 Å². The fraction of sp³-hybridized carbons (Fsp3) is 0.357. The molecule has 0 atom stereocenters. The Balaban J connectivity index is 1.56. The Bertz CT molecular complexity index is 1880. The van der Waals surface area contributed by atoms with Gasteiger partial charge in [-0.05, 0) is 25.7 Å². The minimum atomic E-state index is -0.727. The van der Waals surface area contributed by atoms with Crippen LogP contribution in [0, 0.1) is 0 Å². The van der Waals surface area contributed by atoms with Crippen molar-refractivity contribution in [3.8, 4) is 17.6 Å². The summed E-state index contributed by atoms with van der Waals surface area (Å²) in [6.07, 6.45) is 6.68. The van der Waals surface area contributed by atoms with E-state index in [9.17, 15) is 19.8 Å². The first-order chi connectivity index (χ1) is 23.7. The van der Waals surface area contributed by atoms with Crippen molar-refractivity contribution in [3.63, 3.8) is 0 Å². The number of aromatic hydroxyl groups is 1. The number of ketones is 1. The smallest absolute Gasteiger partial charge is 0.343 e. The number of nitrogens with two attached hydrogens (primary N) is 2. The van der Waals surface area contributed by atoms with Crippen LogP contribution in [-0.2, 0) is 17.6 Å². The molecule has 0 aliphatic carbocycles. The van der Waals surface area contributed by atoms with Gasteiger partial charge in [-0.25, -0.2) is 4.79 Å². The standard InChI is InChI=1S/C28H34N16O5/c1-4-6-8-16-21(35-39-25-14(11-31-37-25)18(46)13-45)23(29)43(41-16)19-10-20(34-28(48)33-19)44-24(30)22(17(42-44)9-7-5-2)36-40-26-15(12-32-38-26)27(47)49-3/h10-12,45H,4-9,13,29-30H2,1-3H3,(H,31,37)(H,32,38)(H,33,34,48)/b39-35+,40-36+. The predicted molar refractivity (Wildman–Crippen MR) is 172 cm³/mol. The summed E-state index contributed by atoms with van der Waals surface area (Å²) < 4.78 is 7.30. The zero-order chi connectivity index (χ0) is 35.1. The predicted octanol–water partition coefficient (Wildman–Crippen LogP) is 3.64. The fourth-order valence-corrected chi connectivity index (χ4v) is 4.62. The van der Waals surface area contributed by atoms with Crippen LogP contribution in [0.3, 0.4) is 0 Å². The Morgan fingerprint density at radius 3 is 1.80 bits per heavy atom. The Hall–Kier alpha value is -6.38. The van der Waals surface area contributed by atoms with Gasteiger partial charge in [-0.3, -0.25) is 15.0 Å². The van der Waals surface area contributed by atoms with Crippen LogP contribution in [0.2, 0.25) is 0 Å². The van der Waals surface area contributed by atoms with Crippen LogP contribution in [-0.4, -0.2) is 85.6 Å². The highest BCUT2D eigenvalue weighted by molar-refractivity contribution is 6.00. The Morgan fingerprint density at radius 1 is 0.837 bits per heavy atom. The molecule has 0 amide bonds. The molecule has 256 valence electrons. The SMILES string of the molecule is CCCCc1nn(-c2cc(-n3nc(CCCC)c(/N=N/c4[nH]ncc4C(=O)OC)c3N)nc(O)n2)c(N)c1/N=N/c1[nH]ncc1C(=O)CO. The van der Waals surface area contributed by atoms with Crippen molar-refractivity contribution in [2.45, 2.75) is 52.4 Å². The van der Waals surface area contributed by atoms with Crippen LogP contribution in [0.15, 0.2) is 38.9 Å². The number of Topliss-reactive ketones (excluding diaryl/α,β-unsaturated/α-hetero) is 1. The molecule has 0 aliphatic heterocycles. The number of nitrogens with one attached hydrogen (secondary N) is 2. The first-order valence-corrected chi connectivity index (χ1v) is 15.2. The number of esters is 1. The van der Waals surface area contributed by atoms with Crippen LogP contribution >= 0.6 is 0 Å². The highest BCUT2D eigenvalue weighted by Gasteiger charge is 2.23. The summed E-state index contributed by atoms with van der Waals surface area (Å²) in [4.78, 5) is 32.4. The third-order valence-corrected chi connectivity index (χ3v) is 7.17. The van der Waals surface area contributed by atoms with Crippen molar-refractivity contribution < 1.29 is 24.5 Å². The number of ether oxygens (including phenoxy) is 1. The Labute approximate surface area is 277 Å². The van der Waals surface area contributed by atoms with E-state index in [2.05, 4.69) is 61.0 Å². The summed E-state index contributed by atoms with van der Waals surface area (Å²) in [5.41, 5.74) is 14.6. The number of aryl methyl sites for hydroxylation is 2. The third-order valence-electron chi connectivity index (χ3n) is 7.17. The summed E-state index contributed by atoms with van der Waals surface area (Å²) in [5.74, 6) is -0.951. The minimum Gasteiger partial charge on any atom is -0.479 e. The molecule has 0 fully saturated rings. The summed E-state index contributed by atoms with van der Waals surface area (Å²) in [7, 11) is 1.24. The number of aromatic amines is 2. The molecule has 49 heavy (non-hydrogen) atoms. The normalized spacial score (nSPS) is 11.7. The van der Waals surface area contributed by atoms with Crippen LogP contribution < -0.4 is 11.5 Å². The number of anilines is 2. The molecule has 0 spiro atoms. The molecule has 5 aromatic rings. The number of carbonyl (C=O) groups is 2. The Kier molecular flexibility index (Phi) is 10.4. The van der Waals surface area contributed by atoms with Crippen LogP contribution in [0.25, 0.3) is 11.6 Å². The van der Waals surface area contributed by atoms with E-state index in [0.717, 1.165) is 25.7 Å². The first kappa shape index (κ1) is 34.0. The molecule has 21 heteroatoms. The van der Waals surface area contributed by atoms with Gasteiger partial charge < -0.3 is 26.4 Å². The van der Waals surface area contributed by atoms with Crippen molar-refractivity contribution in [1.82, 2.24) is 49.9 Å². The van der Waals surface area contributed by atoms with E-state index in [1.54, 1.807) is 0 Å². The molecular weight excluding hydrogens is 640 g/mol. The lowest BCUT2D eigenvalue weighted by Crippen LogP contribution is -2.09. The van der Waals surface area contributed by atoms with E-state index in [1.165, 1.54) is 34.9 Å². The molecule has 0 aromatic carbocycles. The molecule has 5 aromatic heterocycles. The zero-order valence-electron chi connectivity index (χ0n) is 26.8. The highest BCUT2D eigenvalue weighted by Crippen LogP contribution is 2.35. The lowest BCUT2D eigenvalue weighted by molar-refractivity contribution is 0.0601. The van der Waals surface area contributed by atoms with Gasteiger partial charge in [0.1, 0.15) is 12.2 Å². The second kappa shape index (κ2) is 15.0. The number of methoxy groups -OCH3 is 1. The van der Waals surface area contributed by atoms with Crippen molar-refractivity contribution in [3.05, 3.63) is 41.0 Å². The molecule has 0 unspecified atom stereocenters. The first-order valence-electron chi connectivity index (χ1n) is 15.2. The van der Waals surface area contributed by atoms with Gasteiger partial charge >= 0.3 is 12.0 Å². The van der Waals surface area contributed by atoms with Crippen molar-refractivity contribution in [2.75, 3.05) is 25.2 Å². The number of rotatable bonds is 15. The summed E-state index contributed by atoms with van der Waals surface area (Å²) >= 11 is 0. The molecule has 0 bridgehead atoms. The van der Waals surface area contributed by atoms with Crippen molar-refractivity contribution in [2.24, 2.45) is 20.5 Å². The molecule has 5 heterocycles. The lowest BCUT2D eigenvalue weighted by Gasteiger charge is -2.07. The zero-order valence-corrected chi connectivity index (χ0v) is 26.8. The summed E-state index contributed by atoms with van der Waals surface area (Å²) in [6, 6.07) is 0.831. The number of aromatic nitrogens is 10. The number of azo groups is 2. The molecule has 0 saturated carbocycles.